The molecule has 0 aliphatic heterocycles. The van der Waals surface area contributed by atoms with Crippen molar-refractivity contribution in [2.45, 2.75) is 19.3 Å². The number of allylic oxidation sites excluding steroid dienone is 1. The van der Waals surface area contributed by atoms with Gasteiger partial charge in [-0.1, -0.05) is 0 Å². The molecule has 0 N–H and O–H groups in total. The van der Waals surface area contributed by atoms with Crippen molar-refractivity contribution in [2.24, 2.45) is 0 Å². The molecule has 0 amide bonds. The van der Waals surface area contributed by atoms with Crippen LogP contribution in [0.2, 0.25) is 0 Å². The second-order valence-electron chi connectivity index (χ2n) is 3.23. The molecule has 0 aromatic carbocycles. The zero-order valence-electron chi connectivity index (χ0n) is 7.36. The molecule has 1 saturated carbocycles. The third-order valence-corrected chi connectivity index (χ3v) is 2.26. The minimum absolute atomic E-state index is 0.303. The van der Waals surface area contributed by atoms with Crippen LogP contribution in [0.25, 0.3) is 6.08 Å². The molecule has 0 spiro atoms. The first-order chi connectivity index (χ1) is 6.36. The fourth-order valence-electron chi connectivity index (χ4n) is 1.55. The van der Waals surface area contributed by atoms with Gasteiger partial charge in [-0.25, -0.2) is 0 Å². The first kappa shape index (κ1) is 8.17. The van der Waals surface area contributed by atoms with Gasteiger partial charge in [0.2, 0.25) is 0 Å². The number of hydrogen-bond donors (Lipinski definition) is 0. The van der Waals surface area contributed by atoms with Crippen LogP contribution in [0, 0.1) is 0 Å². The molecule has 13 heavy (non-hydrogen) atoms. The maximum atomic E-state index is 11.3. The van der Waals surface area contributed by atoms with Crippen molar-refractivity contribution in [3.63, 3.8) is 0 Å². The molecule has 0 bridgehead atoms. The average molecular weight is 173 g/mol. The molecule has 1 aliphatic rings. The summed E-state index contributed by atoms with van der Waals surface area (Å²) in [5.41, 5.74) is 2.03. The van der Waals surface area contributed by atoms with E-state index in [1.807, 2.05) is 18.2 Å². The summed E-state index contributed by atoms with van der Waals surface area (Å²) < 4.78 is 0. The number of carbonyl (C=O) groups is 1. The van der Waals surface area contributed by atoms with E-state index in [-0.39, 0.29) is 0 Å². The summed E-state index contributed by atoms with van der Waals surface area (Å²) in [6, 6.07) is 3.83. The average Bonchev–Trinajstić information content (AvgIpc) is 2.54. The van der Waals surface area contributed by atoms with Gasteiger partial charge in [-0.2, -0.15) is 0 Å². The SMILES string of the molecule is O=C1CCC/C1=C/c1ccncc1. The highest BCUT2D eigenvalue weighted by molar-refractivity contribution is 6.01. The monoisotopic (exact) mass is 173 g/mol. The van der Waals surface area contributed by atoms with E-state index >= 15 is 0 Å². The summed E-state index contributed by atoms with van der Waals surface area (Å²) in [5, 5.41) is 0. The molecular weight excluding hydrogens is 162 g/mol. The molecule has 0 saturated heterocycles. The number of ketones is 1. The lowest BCUT2D eigenvalue weighted by molar-refractivity contribution is -0.114. The van der Waals surface area contributed by atoms with Crippen molar-refractivity contribution in [1.29, 1.82) is 0 Å². The molecule has 1 aromatic rings. The van der Waals surface area contributed by atoms with Gasteiger partial charge in [0.1, 0.15) is 0 Å². The molecule has 1 fully saturated rings. The number of aromatic nitrogens is 1. The van der Waals surface area contributed by atoms with Crippen LogP contribution in [0.1, 0.15) is 24.8 Å². The van der Waals surface area contributed by atoms with Gasteiger partial charge in [0, 0.05) is 18.8 Å². The van der Waals surface area contributed by atoms with E-state index in [4.69, 9.17) is 0 Å². The minimum Gasteiger partial charge on any atom is -0.295 e. The normalized spacial score (nSPS) is 19.7. The minimum atomic E-state index is 0.303. The van der Waals surface area contributed by atoms with Gasteiger partial charge >= 0.3 is 0 Å². The van der Waals surface area contributed by atoms with Gasteiger partial charge in [0.25, 0.3) is 0 Å². The molecule has 2 nitrogen and oxygen atoms in total. The van der Waals surface area contributed by atoms with E-state index in [2.05, 4.69) is 4.98 Å². The van der Waals surface area contributed by atoms with Gasteiger partial charge in [-0.3, -0.25) is 9.78 Å². The van der Waals surface area contributed by atoms with E-state index in [1.165, 1.54) is 0 Å². The Morgan fingerprint density at radius 2 is 2.00 bits per heavy atom. The predicted molar refractivity (Wildman–Crippen MR) is 51.1 cm³/mol. The lowest BCUT2D eigenvalue weighted by Gasteiger charge is -1.94. The van der Waals surface area contributed by atoms with Crippen LogP contribution in [0.15, 0.2) is 30.1 Å². The summed E-state index contributed by atoms with van der Waals surface area (Å²) in [6.45, 7) is 0. The summed E-state index contributed by atoms with van der Waals surface area (Å²) in [6.07, 6.45) is 8.11. The first-order valence-electron chi connectivity index (χ1n) is 4.50. The Hall–Kier alpha value is -1.44. The van der Waals surface area contributed by atoms with Crippen molar-refractivity contribution in [3.8, 4) is 0 Å². The molecule has 1 aromatic heterocycles. The smallest absolute Gasteiger partial charge is 0.158 e. The van der Waals surface area contributed by atoms with E-state index in [0.717, 1.165) is 30.4 Å². The van der Waals surface area contributed by atoms with Gasteiger partial charge in [0.15, 0.2) is 5.78 Å². The Bertz CT molecular complexity index is 340. The summed E-state index contributed by atoms with van der Waals surface area (Å²) in [4.78, 5) is 15.2. The van der Waals surface area contributed by atoms with Crippen LogP contribution in [-0.4, -0.2) is 10.8 Å². The van der Waals surface area contributed by atoms with Crippen molar-refractivity contribution in [2.75, 3.05) is 0 Å². The number of hydrogen-bond acceptors (Lipinski definition) is 2. The van der Waals surface area contributed by atoms with Gasteiger partial charge in [0.05, 0.1) is 0 Å². The molecule has 66 valence electrons. The number of rotatable bonds is 1. The quantitative estimate of drug-likeness (QED) is 0.609. The lowest BCUT2D eigenvalue weighted by atomic mass is 10.1. The van der Waals surface area contributed by atoms with Crippen molar-refractivity contribution in [1.82, 2.24) is 4.98 Å². The fraction of sp³-hybridized carbons (Fsp3) is 0.273. The number of nitrogens with zero attached hydrogens (tertiary/aromatic N) is 1. The van der Waals surface area contributed by atoms with Crippen molar-refractivity contribution >= 4 is 11.9 Å². The molecule has 0 unspecified atom stereocenters. The second kappa shape index (κ2) is 3.52. The van der Waals surface area contributed by atoms with E-state index in [0.29, 0.717) is 5.78 Å². The molecule has 1 aliphatic carbocycles. The Morgan fingerprint density at radius 1 is 1.23 bits per heavy atom. The van der Waals surface area contributed by atoms with Crippen LogP contribution in [-0.2, 0) is 4.79 Å². The Kier molecular flexibility index (Phi) is 2.21. The van der Waals surface area contributed by atoms with Crippen molar-refractivity contribution in [3.05, 3.63) is 35.7 Å². The van der Waals surface area contributed by atoms with E-state index < -0.39 is 0 Å². The molecule has 2 rings (SSSR count). The molecule has 0 atom stereocenters. The maximum absolute atomic E-state index is 11.3. The summed E-state index contributed by atoms with van der Waals surface area (Å²) in [7, 11) is 0. The Morgan fingerprint density at radius 3 is 2.62 bits per heavy atom. The van der Waals surface area contributed by atoms with Crippen LogP contribution in [0.5, 0.6) is 0 Å². The predicted octanol–water partition coefficient (Wildman–Crippen LogP) is 2.22. The van der Waals surface area contributed by atoms with E-state index in [9.17, 15) is 4.79 Å². The van der Waals surface area contributed by atoms with Crippen LogP contribution < -0.4 is 0 Å². The zero-order valence-corrected chi connectivity index (χ0v) is 7.36. The van der Waals surface area contributed by atoms with Crippen LogP contribution in [0.3, 0.4) is 0 Å². The van der Waals surface area contributed by atoms with Crippen LogP contribution in [0.4, 0.5) is 0 Å². The zero-order chi connectivity index (χ0) is 9.10. The third kappa shape index (κ3) is 1.83. The van der Waals surface area contributed by atoms with Crippen LogP contribution >= 0.6 is 0 Å². The summed E-state index contributed by atoms with van der Waals surface area (Å²) in [5.74, 6) is 0.303. The summed E-state index contributed by atoms with van der Waals surface area (Å²) >= 11 is 0. The van der Waals surface area contributed by atoms with Gasteiger partial charge in [-0.15, -0.1) is 0 Å². The highest BCUT2D eigenvalue weighted by Crippen LogP contribution is 2.22. The third-order valence-electron chi connectivity index (χ3n) is 2.26. The Labute approximate surface area is 77.3 Å². The second-order valence-corrected chi connectivity index (χ2v) is 3.23. The molecular formula is C11H11NO. The largest absolute Gasteiger partial charge is 0.295 e. The van der Waals surface area contributed by atoms with Gasteiger partial charge < -0.3 is 0 Å². The van der Waals surface area contributed by atoms with Crippen molar-refractivity contribution < 1.29 is 4.79 Å². The topological polar surface area (TPSA) is 30.0 Å². The standard InChI is InChI=1S/C11H11NO/c13-11-3-1-2-10(11)8-9-4-6-12-7-5-9/h4-8H,1-3H2/b10-8-. The number of pyridine rings is 1. The van der Waals surface area contributed by atoms with E-state index in [1.54, 1.807) is 12.4 Å². The molecule has 2 heteroatoms. The number of Topliss-reactive ketones (excluding diaryl/α,β-unsaturated/α-hetero) is 1. The Balaban J connectivity index is 2.25. The first-order valence-corrected chi connectivity index (χ1v) is 4.50. The molecule has 0 radical (unpaired) electrons. The van der Waals surface area contributed by atoms with Gasteiger partial charge in [-0.05, 0) is 42.2 Å². The fourth-order valence-corrected chi connectivity index (χ4v) is 1.55. The highest BCUT2D eigenvalue weighted by Gasteiger charge is 2.16. The highest BCUT2D eigenvalue weighted by atomic mass is 16.1. The number of carbonyl (C=O) groups excluding carboxylic acids is 1. The maximum Gasteiger partial charge on any atom is 0.158 e. The lowest BCUT2D eigenvalue weighted by Crippen LogP contribution is -1.90. The molecule has 1 heterocycles.